The third-order valence-corrected chi connectivity index (χ3v) is 4.23. The molecule has 154 valence electrons. The van der Waals surface area contributed by atoms with E-state index in [1.54, 1.807) is 43.3 Å². The molecule has 0 bridgehead atoms. The van der Waals surface area contributed by atoms with Crippen LogP contribution in [0.4, 0.5) is 23.0 Å². The fourth-order valence-corrected chi connectivity index (χ4v) is 2.65. The number of esters is 1. The molecular weight excluding hydrogens is 384 g/mol. The number of hydrogen-bond donors (Lipinski definition) is 4. The molecule has 1 aromatic heterocycles. The van der Waals surface area contributed by atoms with Crippen molar-refractivity contribution in [3.05, 3.63) is 71.5 Å². The summed E-state index contributed by atoms with van der Waals surface area (Å²) in [7, 11) is 0. The summed E-state index contributed by atoms with van der Waals surface area (Å²) in [6.45, 7) is 3.91. The van der Waals surface area contributed by atoms with Crippen molar-refractivity contribution in [2.75, 3.05) is 23.1 Å². The first-order valence-electron chi connectivity index (χ1n) is 9.26. The Morgan fingerprint density at radius 2 is 1.73 bits per heavy atom. The Bertz CT molecular complexity index is 1050. The van der Waals surface area contributed by atoms with E-state index in [4.69, 9.17) is 10.5 Å². The summed E-state index contributed by atoms with van der Waals surface area (Å²) in [6, 6.07) is 13.9. The van der Waals surface area contributed by atoms with E-state index in [2.05, 4.69) is 26.1 Å². The van der Waals surface area contributed by atoms with Crippen molar-refractivity contribution in [3.63, 3.8) is 0 Å². The minimum absolute atomic E-state index is 0.219. The summed E-state index contributed by atoms with van der Waals surface area (Å²) in [5, 5.41) is 3.06. The number of carbonyl (C=O) groups is 2. The lowest BCUT2D eigenvalue weighted by Gasteiger charge is -2.14. The molecule has 0 spiro atoms. The summed E-state index contributed by atoms with van der Waals surface area (Å²) >= 11 is 0. The second-order valence-corrected chi connectivity index (χ2v) is 6.30. The maximum absolute atomic E-state index is 12.3. The highest BCUT2D eigenvalue weighted by molar-refractivity contribution is 5.96. The summed E-state index contributed by atoms with van der Waals surface area (Å²) in [6.07, 6.45) is 1.31. The molecule has 0 radical (unpaired) electrons. The van der Waals surface area contributed by atoms with Crippen molar-refractivity contribution in [2.45, 2.75) is 13.8 Å². The molecule has 0 aliphatic heterocycles. The van der Waals surface area contributed by atoms with Crippen LogP contribution >= 0.6 is 0 Å². The highest BCUT2D eigenvalue weighted by atomic mass is 16.5. The molecule has 0 aliphatic rings. The number of benzene rings is 2. The van der Waals surface area contributed by atoms with Crippen LogP contribution in [0.25, 0.3) is 0 Å². The monoisotopic (exact) mass is 406 g/mol. The van der Waals surface area contributed by atoms with Crippen molar-refractivity contribution in [3.8, 4) is 0 Å². The minimum Gasteiger partial charge on any atom is -0.462 e. The van der Waals surface area contributed by atoms with Crippen LogP contribution in [0.5, 0.6) is 0 Å². The number of aromatic nitrogens is 2. The molecule has 2 aromatic carbocycles. The third kappa shape index (κ3) is 4.82. The van der Waals surface area contributed by atoms with E-state index in [1.807, 2.05) is 19.1 Å². The Morgan fingerprint density at radius 3 is 2.43 bits per heavy atom. The molecule has 1 heterocycles. The molecule has 3 rings (SSSR count). The number of hydrazine groups is 1. The van der Waals surface area contributed by atoms with Gasteiger partial charge in [0.1, 0.15) is 12.0 Å². The molecule has 5 N–H and O–H groups in total. The van der Waals surface area contributed by atoms with E-state index in [0.29, 0.717) is 29.2 Å². The van der Waals surface area contributed by atoms with Crippen molar-refractivity contribution < 1.29 is 14.3 Å². The van der Waals surface area contributed by atoms with Gasteiger partial charge in [0.25, 0.3) is 5.91 Å². The van der Waals surface area contributed by atoms with Crippen LogP contribution in [0.15, 0.2) is 54.9 Å². The van der Waals surface area contributed by atoms with Crippen LogP contribution in [-0.4, -0.2) is 28.5 Å². The van der Waals surface area contributed by atoms with Crippen LogP contribution in [0.3, 0.4) is 0 Å². The molecule has 30 heavy (non-hydrogen) atoms. The van der Waals surface area contributed by atoms with Crippen LogP contribution in [0.2, 0.25) is 0 Å². The van der Waals surface area contributed by atoms with Crippen LogP contribution in [0, 0.1) is 6.92 Å². The predicted octanol–water partition coefficient (Wildman–Crippen LogP) is 3.04. The Labute approximate surface area is 173 Å². The van der Waals surface area contributed by atoms with Gasteiger partial charge in [-0.25, -0.2) is 14.8 Å². The first-order valence-corrected chi connectivity index (χ1v) is 9.26. The van der Waals surface area contributed by atoms with Crippen LogP contribution in [0.1, 0.15) is 33.2 Å². The van der Waals surface area contributed by atoms with Gasteiger partial charge in [-0.2, -0.15) is 0 Å². The molecule has 0 aliphatic carbocycles. The molecule has 0 fully saturated rings. The smallest absolute Gasteiger partial charge is 0.338 e. The fourth-order valence-electron chi connectivity index (χ4n) is 2.65. The quantitative estimate of drug-likeness (QED) is 0.348. The Hall–Kier alpha value is -4.14. The van der Waals surface area contributed by atoms with Gasteiger partial charge in [0.2, 0.25) is 0 Å². The van der Waals surface area contributed by atoms with Gasteiger partial charge in [-0.05, 0) is 49.7 Å². The predicted molar refractivity (Wildman–Crippen MR) is 114 cm³/mol. The number of nitrogen functional groups attached to an aromatic ring is 1. The molecule has 1 amide bonds. The lowest BCUT2D eigenvalue weighted by Crippen LogP contribution is -2.30. The lowest BCUT2D eigenvalue weighted by molar-refractivity contribution is 0.0526. The third-order valence-electron chi connectivity index (χ3n) is 4.23. The zero-order valence-corrected chi connectivity index (χ0v) is 16.6. The van der Waals surface area contributed by atoms with Gasteiger partial charge >= 0.3 is 5.97 Å². The first kappa shape index (κ1) is 20.6. The van der Waals surface area contributed by atoms with Gasteiger partial charge in [-0.1, -0.05) is 18.2 Å². The van der Waals surface area contributed by atoms with E-state index in [9.17, 15) is 9.59 Å². The van der Waals surface area contributed by atoms with E-state index >= 15 is 0 Å². The van der Waals surface area contributed by atoms with Gasteiger partial charge in [-0.15, -0.1) is 0 Å². The summed E-state index contributed by atoms with van der Waals surface area (Å²) in [5.41, 5.74) is 14.2. The summed E-state index contributed by atoms with van der Waals surface area (Å²) < 4.78 is 4.96. The van der Waals surface area contributed by atoms with E-state index in [1.165, 1.54) is 6.33 Å². The van der Waals surface area contributed by atoms with Gasteiger partial charge in [0.15, 0.2) is 11.6 Å². The first-order chi connectivity index (χ1) is 14.5. The summed E-state index contributed by atoms with van der Waals surface area (Å²) in [5.74, 6) is -0.101. The molecule has 9 heteroatoms. The van der Waals surface area contributed by atoms with Gasteiger partial charge in [-0.3, -0.25) is 15.6 Å². The summed E-state index contributed by atoms with van der Waals surface area (Å²) in [4.78, 5) is 32.3. The van der Waals surface area contributed by atoms with Crippen LogP contribution < -0.4 is 21.9 Å². The molecule has 0 saturated carbocycles. The average molecular weight is 406 g/mol. The van der Waals surface area contributed by atoms with Gasteiger partial charge in [0, 0.05) is 11.3 Å². The van der Waals surface area contributed by atoms with Crippen molar-refractivity contribution in [2.24, 2.45) is 0 Å². The SMILES string of the molecule is CCOC(=O)c1ccc(Nc2ncnc(NNC(=O)c3ccccc3C)c2N)cc1. The molecule has 3 aromatic rings. The van der Waals surface area contributed by atoms with Gasteiger partial charge in [0.05, 0.1) is 12.2 Å². The minimum atomic E-state index is -0.388. The van der Waals surface area contributed by atoms with Gasteiger partial charge < -0.3 is 15.8 Å². The largest absolute Gasteiger partial charge is 0.462 e. The second-order valence-electron chi connectivity index (χ2n) is 6.30. The number of anilines is 4. The number of nitrogens with zero attached hydrogens (tertiary/aromatic N) is 2. The van der Waals surface area contributed by atoms with Crippen LogP contribution in [-0.2, 0) is 4.74 Å². The average Bonchev–Trinajstić information content (AvgIpc) is 2.75. The lowest BCUT2D eigenvalue weighted by atomic mass is 10.1. The van der Waals surface area contributed by atoms with E-state index in [-0.39, 0.29) is 23.4 Å². The molecule has 0 atom stereocenters. The zero-order valence-electron chi connectivity index (χ0n) is 16.6. The normalized spacial score (nSPS) is 10.2. The number of ether oxygens (including phenoxy) is 1. The Morgan fingerprint density at radius 1 is 1.03 bits per heavy atom. The van der Waals surface area contributed by atoms with Crippen molar-refractivity contribution in [1.82, 2.24) is 15.4 Å². The standard InChI is InChI=1S/C21H22N6O3/c1-3-30-21(29)14-8-10-15(11-9-14)25-18-17(22)19(24-12-23-18)26-27-20(28)16-7-5-4-6-13(16)2/h4-12H,3,22H2,1-2H3,(H,27,28)(H2,23,24,25,26). The number of rotatable bonds is 7. The number of aryl methyl sites for hydroxylation is 1. The number of amides is 1. The molecule has 0 unspecified atom stereocenters. The molecular formula is C21H22N6O3. The Balaban J connectivity index is 1.68. The fraction of sp³-hybridized carbons (Fsp3) is 0.143. The second kappa shape index (κ2) is 9.37. The van der Waals surface area contributed by atoms with E-state index in [0.717, 1.165) is 5.56 Å². The molecule has 9 nitrogen and oxygen atoms in total. The molecule has 0 saturated heterocycles. The number of carbonyl (C=O) groups excluding carboxylic acids is 2. The van der Waals surface area contributed by atoms with Crippen molar-refractivity contribution >= 4 is 34.9 Å². The van der Waals surface area contributed by atoms with Crippen molar-refractivity contribution in [1.29, 1.82) is 0 Å². The highest BCUT2D eigenvalue weighted by Crippen LogP contribution is 2.25. The number of nitrogens with two attached hydrogens (primary N) is 1. The maximum atomic E-state index is 12.3. The highest BCUT2D eigenvalue weighted by Gasteiger charge is 2.12. The number of nitrogens with one attached hydrogen (secondary N) is 3. The number of hydrogen-bond acceptors (Lipinski definition) is 8. The zero-order chi connectivity index (χ0) is 21.5. The maximum Gasteiger partial charge on any atom is 0.338 e. The Kier molecular flexibility index (Phi) is 6.43. The van der Waals surface area contributed by atoms with E-state index < -0.39 is 0 Å². The topological polar surface area (TPSA) is 131 Å².